The summed E-state index contributed by atoms with van der Waals surface area (Å²) in [6.45, 7) is 5.41. The van der Waals surface area contributed by atoms with Crippen molar-refractivity contribution < 1.29 is 18.0 Å². The summed E-state index contributed by atoms with van der Waals surface area (Å²) in [5, 5.41) is 2.63. The Morgan fingerprint density at radius 1 is 0.861 bits per heavy atom. The Hall–Kier alpha value is -3.65. The van der Waals surface area contributed by atoms with Crippen molar-refractivity contribution in [2.75, 3.05) is 17.9 Å². The van der Waals surface area contributed by atoms with Crippen molar-refractivity contribution in [3.63, 3.8) is 0 Å². The van der Waals surface area contributed by atoms with Crippen LogP contribution in [-0.4, -0.2) is 44.8 Å². The van der Waals surface area contributed by atoms with Gasteiger partial charge in [0.1, 0.15) is 12.6 Å². The molecule has 0 aromatic heterocycles. The lowest BCUT2D eigenvalue weighted by Gasteiger charge is -2.33. The molecule has 0 aliphatic carbocycles. The molecule has 0 spiro atoms. The van der Waals surface area contributed by atoms with Gasteiger partial charge in [-0.2, -0.15) is 0 Å². The minimum atomic E-state index is -4.05. The van der Waals surface area contributed by atoms with Crippen molar-refractivity contribution >= 4 is 27.5 Å². The molecule has 7 nitrogen and oxygen atoms in total. The van der Waals surface area contributed by atoms with E-state index in [0.717, 1.165) is 21.0 Å². The Kier molecular flexibility index (Phi) is 8.88. The van der Waals surface area contributed by atoms with Crippen LogP contribution in [0.15, 0.2) is 83.8 Å². The Balaban J connectivity index is 2.02. The topological polar surface area (TPSA) is 86.8 Å². The first-order valence-corrected chi connectivity index (χ1v) is 13.3. The van der Waals surface area contributed by atoms with E-state index in [9.17, 15) is 18.0 Å². The largest absolute Gasteiger partial charge is 0.357 e. The van der Waals surface area contributed by atoms with Gasteiger partial charge in [0.2, 0.25) is 11.8 Å². The maximum Gasteiger partial charge on any atom is 0.264 e. The van der Waals surface area contributed by atoms with Crippen molar-refractivity contribution in [3.05, 3.63) is 95.6 Å². The average Bonchev–Trinajstić information content (AvgIpc) is 2.88. The van der Waals surface area contributed by atoms with Gasteiger partial charge in [0.05, 0.1) is 10.6 Å². The number of benzene rings is 3. The number of para-hydroxylation sites is 1. The summed E-state index contributed by atoms with van der Waals surface area (Å²) in [4.78, 5) is 28.0. The summed E-state index contributed by atoms with van der Waals surface area (Å²) in [6.07, 6.45) is 0.382. The Bertz CT molecular complexity index is 1270. The fourth-order valence-electron chi connectivity index (χ4n) is 3.94. The number of nitrogens with zero attached hydrogens (tertiary/aromatic N) is 2. The van der Waals surface area contributed by atoms with E-state index in [1.165, 1.54) is 24.1 Å². The highest BCUT2D eigenvalue weighted by atomic mass is 32.2. The van der Waals surface area contributed by atoms with Crippen LogP contribution in [0.4, 0.5) is 5.69 Å². The lowest BCUT2D eigenvalue weighted by atomic mass is 10.1. The summed E-state index contributed by atoms with van der Waals surface area (Å²) >= 11 is 0. The summed E-state index contributed by atoms with van der Waals surface area (Å²) in [5.74, 6) is -0.767. The predicted octanol–water partition coefficient (Wildman–Crippen LogP) is 4.05. The molecule has 190 valence electrons. The van der Waals surface area contributed by atoms with Gasteiger partial charge in [0.25, 0.3) is 10.0 Å². The zero-order chi connectivity index (χ0) is 26.3. The smallest absolute Gasteiger partial charge is 0.264 e. The summed E-state index contributed by atoms with van der Waals surface area (Å²) in [7, 11) is -2.53. The number of likely N-dealkylation sites (N-methyl/N-ethyl adjacent to an activating group) is 1. The number of amides is 2. The van der Waals surface area contributed by atoms with Crippen molar-refractivity contribution in [2.24, 2.45) is 0 Å². The molecule has 0 radical (unpaired) electrons. The maximum absolute atomic E-state index is 13.8. The normalized spacial score (nSPS) is 12.0. The number of hydrogen-bond acceptors (Lipinski definition) is 4. The van der Waals surface area contributed by atoms with Crippen LogP contribution in [0.25, 0.3) is 0 Å². The molecule has 1 unspecified atom stereocenters. The lowest BCUT2D eigenvalue weighted by Crippen LogP contribution is -2.51. The van der Waals surface area contributed by atoms with E-state index in [1.807, 2.05) is 45.0 Å². The molecule has 3 aromatic carbocycles. The molecular weight excluding hydrogens is 474 g/mol. The monoisotopic (exact) mass is 507 g/mol. The molecule has 0 bridgehead atoms. The quantitative estimate of drug-likeness (QED) is 0.449. The van der Waals surface area contributed by atoms with Gasteiger partial charge in [0, 0.05) is 13.6 Å². The number of sulfonamides is 1. The summed E-state index contributed by atoms with van der Waals surface area (Å²) < 4.78 is 28.5. The van der Waals surface area contributed by atoms with Crippen LogP contribution in [0.2, 0.25) is 0 Å². The van der Waals surface area contributed by atoms with Gasteiger partial charge >= 0.3 is 0 Å². The second-order valence-corrected chi connectivity index (χ2v) is 10.6. The third-order valence-electron chi connectivity index (χ3n) is 6.04. The number of aryl methyl sites for hydroxylation is 2. The molecule has 8 heteroatoms. The SMILES string of the molecule is CCC(C(=O)NC)N(Cc1ccc(C)cc1)C(=O)CN(c1ccccc1)S(=O)(=O)c1ccc(C)cc1. The van der Waals surface area contributed by atoms with Crippen LogP contribution in [0.3, 0.4) is 0 Å². The molecule has 0 heterocycles. The highest BCUT2D eigenvalue weighted by Crippen LogP contribution is 2.25. The van der Waals surface area contributed by atoms with Gasteiger partial charge in [-0.15, -0.1) is 0 Å². The minimum Gasteiger partial charge on any atom is -0.357 e. The molecular formula is C28H33N3O4S. The number of hydrogen-bond donors (Lipinski definition) is 1. The lowest BCUT2D eigenvalue weighted by molar-refractivity contribution is -0.140. The summed E-state index contributed by atoms with van der Waals surface area (Å²) in [5.41, 5.74) is 3.23. The average molecular weight is 508 g/mol. The van der Waals surface area contributed by atoms with Crippen molar-refractivity contribution in [2.45, 2.75) is 44.7 Å². The standard InChI is InChI=1S/C28H33N3O4S/c1-5-26(28(33)29-4)30(19-23-15-11-21(2)12-16-23)27(32)20-31(24-9-7-6-8-10-24)36(34,35)25-17-13-22(3)14-18-25/h6-18,26H,5,19-20H2,1-4H3,(H,29,33). The van der Waals surface area contributed by atoms with Gasteiger partial charge in [0.15, 0.2) is 0 Å². The number of carbonyl (C=O) groups excluding carboxylic acids is 2. The first-order valence-electron chi connectivity index (χ1n) is 11.9. The van der Waals surface area contributed by atoms with Crippen LogP contribution in [-0.2, 0) is 26.2 Å². The Labute approximate surface area is 213 Å². The van der Waals surface area contributed by atoms with Gasteiger partial charge < -0.3 is 10.2 Å². The van der Waals surface area contributed by atoms with E-state index in [1.54, 1.807) is 42.5 Å². The van der Waals surface area contributed by atoms with E-state index in [2.05, 4.69) is 5.32 Å². The molecule has 3 rings (SSSR count). The van der Waals surface area contributed by atoms with E-state index in [4.69, 9.17) is 0 Å². The first kappa shape index (κ1) is 26.9. The van der Waals surface area contributed by atoms with Crippen LogP contribution >= 0.6 is 0 Å². The van der Waals surface area contributed by atoms with Gasteiger partial charge in [-0.3, -0.25) is 13.9 Å². The van der Waals surface area contributed by atoms with E-state index < -0.39 is 28.5 Å². The zero-order valence-corrected chi connectivity index (χ0v) is 22.0. The molecule has 2 amide bonds. The molecule has 0 aliphatic heterocycles. The van der Waals surface area contributed by atoms with Crippen molar-refractivity contribution in [1.29, 1.82) is 0 Å². The highest BCUT2D eigenvalue weighted by molar-refractivity contribution is 7.92. The molecule has 1 N–H and O–H groups in total. The van der Waals surface area contributed by atoms with Gasteiger partial charge in [-0.05, 0) is 50.1 Å². The third-order valence-corrected chi connectivity index (χ3v) is 7.83. The second kappa shape index (κ2) is 11.9. The van der Waals surface area contributed by atoms with Crippen molar-refractivity contribution in [3.8, 4) is 0 Å². The molecule has 0 fully saturated rings. The Morgan fingerprint density at radius 2 is 1.42 bits per heavy atom. The molecule has 1 atom stereocenters. The fourth-order valence-corrected chi connectivity index (χ4v) is 5.35. The van der Waals surface area contributed by atoms with E-state index in [0.29, 0.717) is 12.1 Å². The summed E-state index contributed by atoms with van der Waals surface area (Å²) in [6, 6.07) is 22.0. The third kappa shape index (κ3) is 6.31. The molecule has 0 saturated heterocycles. The fraction of sp³-hybridized carbons (Fsp3) is 0.286. The van der Waals surface area contributed by atoms with Crippen LogP contribution in [0.1, 0.15) is 30.0 Å². The molecule has 0 saturated carbocycles. The zero-order valence-electron chi connectivity index (χ0n) is 21.1. The molecule has 36 heavy (non-hydrogen) atoms. The predicted molar refractivity (Wildman–Crippen MR) is 142 cm³/mol. The second-order valence-electron chi connectivity index (χ2n) is 8.71. The number of carbonyl (C=O) groups is 2. The van der Waals surface area contributed by atoms with E-state index in [-0.39, 0.29) is 17.3 Å². The van der Waals surface area contributed by atoms with E-state index >= 15 is 0 Å². The van der Waals surface area contributed by atoms with Gasteiger partial charge in [-0.25, -0.2) is 8.42 Å². The number of nitrogens with one attached hydrogen (secondary N) is 1. The minimum absolute atomic E-state index is 0.0909. The maximum atomic E-state index is 13.8. The number of rotatable bonds is 10. The highest BCUT2D eigenvalue weighted by Gasteiger charge is 2.33. The van der Waals surface area contributed by atoms with Gasteiger partial charge in [-0.1, -0.05) is 72.6 Å². The van der Waals surface area contributed by atoms with Crippen LogP contribution in [0.5, 0.6) is 0 Å². The molecule has 3 aromatic rings. The van der Waals surface area contributed by atoms with Crippen LogP contribution in [0, 0.1) is 13.8 Å². The Morgan fingerprint density at radius 3 is 1.94 bits per heavy atom. The van der Waals surface area contributed by atoms with Crippen molar-refractivity contribution in [1.82, 2.24) is 10.2 Å². The molecule has 0 aliphatic rings. The number of anilines is 1. The van der Waals surface area contributed by atoms with Crippen LogP contribution < -0.4 is 9.62 Å². The first-order chi connectivity index (χ1) is 17.2.